The van der Waals surface area contributed by atoms with E-state index in [2.05, 4.69) is 31.4 Å². The molecule has 0 aromatic rings. The Balaban J connectivity index is 1.40. The molecule has 6 nitrogen and oxygen atoms in total. The zero-order chi connectivity index (χ0) is 25.5. The van der Waals surface area contributed by atoms with Crippen LogP contribution in [0.2, 0.25) is 0 Å². The fraction of sp³-hybridized carbons (Fsp3) is 0.931. The van der Waals surface area contributed by atoms with Crippen molar-refractivity contribution in [3.8, 4) is 0 Å². The average Bonchev–Trinajstić information content (AvgIpc) is 3.17. The summed E-state index contributed by atoms with van der Waals surface area (Å²) in [5.41, 5.74) is 0.586. The SMILES string of the molecule is CC[C@H](C)[C@H](NC(=O)CC[C@@H](C)[C@H]1CC[C@H]2[C@@H]3[C@@H](O)C[C@@H]4CNCC[C@]4(C)[C@H]3CC[C@]12C)C(=O)O. The fourth-order valence-corrected chi connectivity index (χ4v) is 9.33. The van der Waals surface area contributed by atoms with Crippen LogP contribution in [0.4, 0.5) is 0 Å². The molecule has 0 radical (unpaired) electrons. The molecule has 4 rings (SSSR count). The van der Waals surface area contributed by atoms with Crippen LogP contribution < -0.4 is 10.6 Å². The maximum absolute atomic E-state index is 12.6. The van der Waals surface area contributed by atoms with Crippen molar-refractivity contribution in [1.29, 1.82) is 0 Å². The lowest BCUT2D eigenvalue weighted by molar-refractivity contribution is -0.161. The molecule has 1 amide bonds. The first-order valence-corrected chi connectivity index (χ1v) is 14.4. The number of aliphatic carboxylic acids is 1. The van der Waals surface area contributed by atoms with Crippen molar-refractivity contribution >= 4 is 11.9 Å². The highest BCUT2D eigenvalue weighted by atomic mass is 16.4. The standard InChI is InChI=1S/C29H50N2O4/c1-6-17(2)26(27(34)35)31-24(33)10-7-18(3)20-8-9-21-25-22(11-12-29(20,21)5)28(4)13-14-30-16-19(28)15-23(25)32/h17-23,25-26,30,32H,6-16H2,1-5H3,(H,31,33)(H,34,35)/t17-,18+,19+,20+,21-,22-,23-,25-,26-,28-,29+/m0/s1. The highest BCUT2D eigenvalue weighted by Crippen LogP contribution is 2.67. The largest absolute Gasteiger partial charge is 0.480 e. The first kappa shape index (κ1) is 26.9. The minimum absolute atomic E-state index is 0.0816. The van der Waals surface area contributed by atoms with Crippen LogP contribution in [0.3, 0.4) is 0 Å². The predicted molar refractivity (Wildman–Crippen MR) is 138 cm³/mol. The summed E-state index contributed by atoms with van der Waals surface area (Å²) in [4.78, 5) is 24.2. The van der Waals surface area contributed by atoms with Crippen molar-refractivity contribution in [3.63, 3.8) is 0 Å². The van der Waals surface area contributed by atoms with E-state index in [1.54, 1.807) is 0 Å². The monoisotopic (exact) mass is 490 g/mol. The number of fused-ring (bicyclic) bond motifs is 5. The Morgan fingerprint density at radius 2 is 1.80 bits per heavy atom. The molecule has 1 aliphatic heterocycles. The quantitative estimate of drug-likeness (QED) is 0.403. The van der Waals surface area contributed by atoms with Crippen molar-refractivity contribution in [1.82, 2.24) is 10.6 Å². The average molecular weight is 491 g/mol. The number of hydrogen-bond acceptors (Lipinski definition) is 4. The van der Waals surface area contributed by atoms with E-state index in [4.69, 9.17) is 0 Å². The Morgan fingerprint density at radius 3 is 2.49 bits per heavy atom. The Morgan fingerprint density at radius 1 is 1.09 bits per heavy atom. The third-order valence-corrected chi connectivity index (χ3v) is 11.7. The molecule has 0 aromatic heterocycles. The van der Waals surface area contributed by atoms with Crippen LogP contribution in [0.15, 0.2) is 0 Å². The molecule has 35 heavy (non-hydrogen) atoms. The van der Waals surface area contributed by atoms with Crippen LogP contribution in [-0.4, -0.2) is 47.3 Å². The van der Waals surface area contributed by atoms with Crippen molar-refractivity contribution < 1.29 is 19.8 Å². The number of amides is 1. The van der Waals surface area contributed by atoms with Crippen LogP contribution >= 0.6 is 0 Å². The van der Waals surface area contributed by atoms with Gasteiger partial charge in [-0.25, -0.2) is 4.79 Å². The van der Waals surface area contributed by atoms with E-state index in [1.807, 2.05) is 13.8 Å². The summed E-state index contributed by atoms with van der Waals surface area (Å²) >= 11 is 0. The van der Waals surface area contributed by atoms with Gasteiger partial charge in [0.1, 0.15) is 6.04 Å². The summed E-state index contributed by atoms with van der Waals surface area (Å²) in [5.74, 6) is 2.04. The highest BCUT2D eigenvalue weighted by Gasteiger charge is 2.62. The molecule has 0 spiro atoms. The summed E-state index contributed by atoms with van der Waals surface area (Å²) < 4.78 is 0. The number of aliphatic hydroxyl groups excluding tert-OH is 1. The predicted octanol–water partition coefficient (Wildman–Crippen LogP) is 4.46. The lowest BCUT2D eigenvalue weighted by Gasteiger charge is -2.62. The van der Waals surface area contributed by atoms with E-state index in [9.17, 15) is 19.8 Å². The van der Waals surface area contributed by atoms with Crippen molar-refractivity contribution in [2.45, 2.75) is 105 Å². The first-order chi connectivity index (χ1) is 16.5. The molecule has 3 saturated carbocycles. The van der Waals surface area contributed by atoms with Gasteiger partial charge in [0.05, 0.1) is 6.10 Å². The van der Waals surface area contributed by atoms with Gasteiger partial charge >= 0.3 is 5.97 Å². The first-order valence-electron chi connectivity index (χ1n) is 14.4. The van der Waals surface area contributed by atoms with Gasteiger partial charge < -0.3 is 20.8 Å². The van der Waals surface area contributed by atoms with E-state index in [-0.39, 0.29) is 23.3 Å². The summed E-state index contributed by atoms with van der Waals surface area (Å²) in [5, 5.41) is 27.2. The molecule has 0 unspecified atom stereocenters. The number of carbonyl (C=O) groups excluding carboxylic acids is 1. The maximum atomic E-state index is 12.6. The number of nitrogens with one attached hydrogen (secondary N) is 2. The van der Waals surface area contributed by atoms with Crippen LogP contribution in [0.1, 0.15) is 92.4 Å². The highest BCUT2D eigenvalue weighted by molar-refractivity contribution is 5.83. The van der Waals surface area contributed by atoms with Gasteiger partial charge in [0, 0.05) is 6.42 Å². The second-order valence-corrected chi connectivity index (χ2v) is 13.3. The number of carbonyl (C=O) groups is 2. The van der Waals surface area contributed by atoms with Gasteiger partial charge in [0.25, 0.3) is 0 Å². The third-order valence-electron chi connectivity index (χ3n) is 11.7. The summed E-state index contributed by atoms with van der Waals surface area (Å²) in [6.45, 7) is 13.3. The van der Waals surface area contributed by atoms with Crippen molar-refractivity contribution in [2.75, 3.05) is 13.1 Å². The van der Waals surface area contributed by atoms with Gasteiger partial charge in [-0.15, -0.1) is 0 Å². The maximum Gasteiger partial charge on any atom is 0.326 e. The topological polar surface area (TPSA) is 98.7 Å². The fourth-order valence-electron chi connectivity index (χ4n) is 9.33. The van der Waals surface area contributed by atoms with Gasteiger partial charge in [0.2, 0.25) is 5.91 Å². The van der Waals surface area contributed by atoms with Crippen LogP contribution in [0, 0.1) is 52.3 Å². The van der Waals surface area contributed by atoms with Gasteiger partial charge in [-0.2, -0.15) is 0 Å². The van der Waals surface area contributed by atoms with Gasteiger partial charge in [0.15, 0.2) is 0 Å². The number of rotatable bonds is 8. The van der Waals surface area contributed by atoms with Gasteiger partial charge in [-0.05, 0) is 110 Å². The number of carboxylic acid groups (broad SMARTS) is 1. The van der Waals surface area contributed by atoms with Crippen LogP contribution in [0.25, 0.3) is 0 Å². The Bertz CT molecular complexity index is 789. The molecule has 4 fully saturated rings. The van der Waals surface area contributed by atoms with E-state index in [1.165, 1.54) is 32.1 Å². The number of piperidine rings is 1. The lowest BCUT2D eigenvalue weighted by Crippen LogP contribution is -2.60. The zero-order valence-electron chi connectivity index (χ0n) is 22.7. The zero-order valence-corrected chi connectivity index (χ0v) is 22.7. The summed E-state index contributed by atoms with van der Waals surface area (Å²) in [6, 6.07) is -0.806. The molecule has 0 bridgehead atoms. The molecule has 11 atom stereocenters. The van der Waals surface area contributed by atoms with E-state index in [0.717, 1.165) is 32.4 Å². The number of aliphatic hydroxyl groups is 1. The van der Waals surface area contributed by atoms with Gasteiger partial charge in [-0.3, -0.25) is 4.79 Å². The molecular formula is C29H50N2O4. The second-order valence-electron chi connectivity index (χ2n) is 13.3. The Hall–Kier alpha value is -1.14. The molecule has 1 heterocycles. The molecule has 0 aromatic carbocycles. The summed E-state index contributed by atoms with van der Waals surface area (Å²) in [7, 11) is 0. The molecule has 3 aliphatic carbocycles. The van der Waals surface area contributed by atoms with Gasteiger partial charge in [-0.1, -0.05) is 41.0 Å². The molecule has 4 N–H and O–H groups in total. The molecule has 6 heteroatoms. The lowest BCUT2D eigenvalue weighted by atomic mass is 9.45. The van der Waals surface area contributed by atoms with E-state index >= 15 is 0 Å². The minimum Gasteiger partial charge on any atom is -0.480 e. The van der Waals surface area contributed by atoms with Crippen LogP contribution in [0.5, 0.6) is 0 Å². The second kappa shape index (κ2) is 10.3. The Labute approximate surface area is 212 Å². The minimum atomic E-state index is -0.945. The number of hydrogen-bond donors (Lipinski definition) is 4. The van der Waals surface area contributed by atoms with Crippen LogP contribution in [-0.2, 0) is 9.59 Å². The summed E-state index contributed by atoms with van der Waals surface area (Å²) in [6.07, 6.45) is 8.74. The molecule has 4 aliphatic rings. The molecular weight excluding hydrogens is 440 g/mol. The van der Waals surface area contributed by atoms with Crippen molar-refractivity contribution in [3.05, 3.63) is 0 Å². The van der Waals surface area contributed by atoms with Crippen molar-refractivity contribution in [2.24, 2.45) is 52.3 Å². The third kappa shape index (κ3) is 4.79. The normalized spacial score (nSPS) is 43.3. The molecule has 200 valence electrons. The number of carboxylic acids is 1. The van der Waals surface area contributed by atoms with E-state index in [0.29, 0.717) is 47.3 Å². The van der Waals surface area contributed by atoms with E-state index < -0.39 is 12.0 Å². The molecule has 1 saturated heterocycles. The Kier molecular flexibility index (Phi) is 7.93. The smallest absolute Gasteiger partial charge is 0.326 e.